The third kappa shape index (κ3) is 6.84. The number of guanidine groups is 1. The second kappa shape index (κ2) is 10.2. The van der Waals surface area contributed by atoms with Gasteiger partial charge in [0, 0.05) is 50.0 Å². The lowest BCUT2D eigenvalue weighted by Crippen LogP contribution is -2.51. The molecule has 1 atom stereocenters. The van der Waals surface area contributed by atoms with E-state index in [4.69, 9.17) is 17.3 Å². The summed E-state index contributed by atoms with van der Waals surface area (Å²) in [6, 6.07) is 7.76. The zero-order chi connectivity index (χ0) is 19.4. The molecule has 2 N–H and O–H groups in total. The van der Waals surface area contributed by atoms with Crippen LogP contribution in [-0.2, 0) is 0 Å². The lowest BCUT2D eigenvalue weighted by Gasteiger charge is -2.36. The topological polar surface area (TPSA) is 48.1 Å². The standard InChI is InChI=1S/C18H25ClF3N5.HI/c19-15-1-3-16(4-2-15)26-7-9-27(10-8-26)17(23)24-11-14-5-6-25(12-14)13-18(20,21)22;/h1-4,14H,5-13H2,(H2,23,24);1H. The zero-order valence-corrected chi connectivity index (χ0v) is 18.6. The molecule has 0 aliphatic carbocycles. The molecule has 158 valence electrons. The van der Waals surface area contributed by atoms with Crippen molar-refractivity contribution in [3.8, 4) is 0 Å². The average Bonchev–Trinajstić information content (AvgIpc) is 3.06. The van der Waals surface area contributed by atoms with Crippen molar-refractivity contribution in [3.05, 3.63) is 29.3 Å². The van der Waals surface area contributed by atoms with Crippen LogP contribution in [0.3, 0.4) is 0 Å². The Labute approximate surface area is 185 Å². The van der Waals surface area contributed by atoms with Crippen molar-refractivity contribution in [1.82, 2.24) is 9.80 Å². The Hall–Kier alpha value is -0.940. The van der Waals surface area contributed by atoms with E-state index in [0.717, 1.165) is 43.3 Å². The van der Waals surface area contributed by atoms with Crippen molar-refractivity contribution in [1.29, 1.82) is 0 Å². The summed E-state index contributed by atoms with van der Waals surface area (Å²) in [4.78, 5) is 10.2. The third-order valence-electron chi connectivity index (χ3n) is 5.08. The van der Waals surface area contributed by atoms with Gasteiger partial charge in [-0.3, -0.25) is 9.89 Å². The van der Waals surface area contributed by atoms with Gasteiger partial charge in [0.05, 0.1) is 6.54 Å². The predicted octanol–water partition coefficient (Wildman–Crippen LogP) is 3.28. The average molecular weight is 532 g/mol. The number of halogens is 5. The van der Waals surface area contributed by atoms with Crippen LogP contribution >= 0.6 is 35.6 Å². The van der Waals surface area contributed by atoms with Crippen molar-refractivity contribution >= 4 is 47.2 Å². The summed E-state index contributed by atoms with van der Waals surface area (Å²) in [6.45, 7) is 3.75. The first-order valence-corrected chi connectivity index (χ1v) is 9.52. The van der Waals surface area contributed by atoms with Crippen molar-refractivity contribution in [2.75, 3.05) is 57.3 Å². The summed E-state index contributed by atoms with van der Waals surface area (Å²) in [6.07, 6.45) is -3.40. The number of likely N-dealkylation sites (tertiary alicyclic amines) is 1. The van der Waals surface area contributed by atoms with Gasteiger partial charge in [-0.2, -0.15) is 13.2 Å². The summed E-state index contributed by atoms with van der Waals surface area (Å²) < 4.78 is 37.4. The van der Waals surface area contributed by atoms with Crippen molar-refractivity contribution in [2.24, 2.45) is 16.6 Å². The Morgan fingerprint density at radius 1 is 1.11 bits per heavy atom. The first-order chi connectivity index (χ1) is 12.8. The molecule has 2 aliphatic rings. The van der Waals surface area contributed by atoms with Gasteiger partial charge < -0.3 is 15.5 Å². The second-order valence-corrected chi connectivity index (χ2v) is 7.59. The van der Waals surface area contributed by atoms with E-state index in [1.807, 2.05) is 29.2 Å². The molecular formula is C18H26ClF3IN5. The molecule has 2 fully saturated rings. The van der Waals surface area contributed by atoms with E-state index < -0.39 is 12.7 Å². The van der Waals surface area contributed by atoms with Gasteiger partial charge in [-0.1, -0.05) is 11.6 Å². The van der Waals surface area contributed by atoms with E-state index in [-0.39, 0.29) is 29.9 Å². The summed E-state index contributed by atoms with van der Waals surface area (Å²) in [7, 11) is 0. The van der Waals surface area contributed by atoms with Crippen LogP contribution in [0.4, 0.5) is 18.9 Å². The van der Waals surface area contributed by atoms with Gasteiger partial charge in [-0.05, 0) is 43.1 Å². The van der Waals surface area contributed by atoms with Gasteiger partial charge in [0.2, 0.25) is 0 Å². The number of nitrogens with zero attached hydrogens (tertiary/aromatic N) is 4. The summed E-state index contributed by atoms with van der Waals surface area (Å²) in [5.74, 6) is 0.626. The number of benzene rings is 1. The van der Waals surface area contributed by atoms with Crippen LogP contribution in [0.15, 0.2) is 29.3 Å². The molecule has 28 heavy (non-hydrogen) atoms. The predicted molar refractivity (Wildman–Crippen MR) is 118 cm³/mol. The SMILES string of the molecule is I.NC(=NCC1CCN(CC(F)(F)F)C1)N1CCN(c2ccc(Cl)cc2)CC1. The molecule has 10 heteroatoms. The molecule has 0 radical (unpaired) electrons. The van der Waals surface area contributed by atoms with Gasteiger partial charge in [0.1, 0.15) is 0 Å². The summed E-state index contributed by atoms with van der Waals surface area (Å²) in [5, 5.41) is 0.717. The van der Waals surface area contributed by atoms with E-state index in [1.54, 1.807) is 0 Å². The molecular weight excluding hydrogens is 506 g/mol. The summed E-state index contributed by atoms with van der Waals surface area (Å²) in [5.41, 5.74) is 7.24. The highest BCUT2D eigenvalue weighted by molar-refractivity contribution is 14.0. The van der Waals surface area contributed by atoms with Crippen LogP contribution in [0.25, 0.3) is 0 Å². The monoisotopic (exact) mass is 531 g/mol. The van der Waals surface area contributed by atoms with Gasteiger partial charge >= 0.3 is 6.18 Å². The number of alkyl halides is 3. The number of hydrogen-bond acceptors (Lipinski definition) is 3. The Kier molecular flexibility index (Phi) is 8.50. The minimum absolute atomic E-state index is 0. The van der Waals surface area contributed by atoms with E-state index in [2.05, 4.69) is 9.89 Å². The first-order valence-electron chi connectivity index (χ1n) is 9.14. The lowest BCUT2D eigenvalue weighted by molar-refractivity contribution is -0.143. The molecule has 2 heterocycles. The molecule has 0 bridgehead atoms. The number of piperazine rings is 1. The Balaban J connectivity index is 0.00000280. The number of rotatable bonds is 4. The molecule has 1 unspecified atom stereocenters. The van der Waals surface area contributed by atoms with Crippen molar-refractivity contribution in [3.63, 3.8) is 0 Å². The van der Waals surface area contributed by atoms with E-state index >= 15 is 0 Å². The van der Waals surface area contributed by atoms with Crippen LogP contribution in [0.5, 0.6) is 0 Å². The molecule has 0 spiro atoms. The highest BCUT2D eigenvalue weighted by Crippen LogP contribution is 2.23. The maximum Gasteiger partial charge on any atom is 0.401 e. The molecule has 0 saturated carbocycles. The van der Waals surface area contributed by atoms with Gasteiger partial charge in [-0.15, -0.1) is 24.0 Å². The van der Waals surface area contributed by atoms with Crippen LogP contribution in [0.1, 0.15) is 6.42 Å². The largest absolute Gasteiger partial charge is 0.401 e. The second-order valence-electron chi connectivity index (χ2n) is 7.15. The third-order valence-corrected chi connectivity index (χ3v) is 5.33. The normalized spacial score (nSPS) is 21.7. The highest BCUT2D eigenvalue weighted by atomic mass is 127. The van der Waals surface area contributed by atoms with Gasteiger partial charge in [0.15, 0.2) is 5.96 Å². The first kappa shape index (κ1) is 23.3. The molecule has 5 nitrogen and oxygen atoms in total. The summed E-state index contributed by atoms with van der Waals surface area (Å²) >= 11 is 5.93. The number of nitrogens with two attached hydrogens (primary N) is 1. The van der Waals surface area contributed by atoms with Gasteiger partial charge in [0.25, 0.3) is 0 Å². The smallest absolute Gasteiger partial charge is 0.370 e. The van der Waals surface area contributed by atoms with Gasteiger partial charge in [-0.25, -0.2) is 0 Å². The zero-order valence-electron chi connectivity index (χ0n) is 15.5. The molecule has 3 rings (SSSR count). The Morgan fingerprint density at radius 2 is 1.75 bits per heavy atom. The molecule has 1 aromatic carbocycles. The van der Waals surface area contributed by atoms with Crippen molar-refractivity contribution < 1.29 is 13.2 Å². The van der Waals surface area contributed by atoms with Crippen LogP contribution in [0.2, 0.25) is 5.02 Å². The number of aliphatic imine (C=N–C) groups is 1. The quantitative estimate of drug-likeness (QED) is 0.368. The van der Waals surface area contributed by atoms with Crippen LogP contribution < -0.4 is 10.6 Å². The van der Waals surface area contributed by atoms with Crippen molar-refractivity contribution in [2.45, 2.75) is 12.6 Å². The molecule has 2 saturated heterocycles. The Bertz CT molecular complexity index is 648. The lowest BCUT2D eigenvalue weighted by atomic mass is 10.1. The van der Waals surface area contributed by atoms with E-state index in [9.17, 15) is 13.2 Å². The van der Waals surface area contributed by atoms with Crippen LogP contribution in [-0.4, -0.2) is 74.3 Å². The minimum Gasteiger partial charge on any atom is -0.370 e. The maximum atomic E-state index is 12.5. The van der Waals surface area contributed by atoms with Crippen LogP contribution in [0, 0.1) is 5.92 Å². The fraction of sp³-hybridized carbons (Fsp3) is 0.611. The Morgan fingerprint density at radius 3 is 2.36 bits per heavy atom. The molecule has 1 aromatic rings. The fourth-order valence-electron chi connectivity index (χ4n) is 3.63. The number of hydrogen-bond donors (Lipinski definition) is 1. The molecule has 0 aromatic heterocycles. The number of anilines is 1. The highest BCUT2D eigenvalue weighted by Gasteiger charge is 2.34. The molecule has 2 aliphatic heterocycles. The minimum atomic E-state index is -4.14. The van der Waals surface area contributed by atoms with E-state index in [1.165, 1.54) is 4.90 Å². The fourth-order valence-corrected chi connectivity index (χ4v) is 3.75. The van der Waals surface area contributed by atoms with E-state index in [0.29, 0.717) is 25.6 Å². The maximum absolute atomic E-state index is 12.5. The molecule has 0 amide bonds.